The molecular weight excluding hydrogens is 244 g/mol. The predicted molar refractivity (Wildman–Crippen MR) is 81.6 cm³/mol. The maximum atomic E-state index is 8.96. The summed E-state index contributed by atoms with van der Waals surface area (Å²) in [6.07, 6.45) is 2.67. The van der Waals surface area contributed by atoms with Crippen LogP contribution in [0.5, 0.6) is 0 Å². The van der Waals surface area contributed by atoms with Crippen molar-refractivity contribution in [2.24, 2.45) is 0 Å². The molecule has 2 nitrogen and oxygen atoms in total. The van der Waals surface area contributed by atoms with Crippen molar-refractivity contribution >= 4 is 5.69 Å². The third-order valence-electron chi connectivity index (χ3n) is 3.85. The Morgan fingerprint density at radius 2 is 2.05 bits per heavy atom. The molecule has 0 heterocycles. The van der Waals surface area contributed by atoms with E-state index in [0.717, 1.165) is 18.2 Å². The van der Waals surface area contributed by atoms with Crippen molar-refractivity contribution in [2.45, 2.75) is 32.2 Å². The molecule has 1 aliphatic rings. The van der Waals surface area contributed by atoms with E-state index in [9.17, 15) is 0 Å². The van der Waals surface area contributed by atoms with Gasteiger partial charge in [-0.3, -0.25) is 0 Å². The fourth-order valence-electron chi connectivity index (χ4n) is 2.45. The Labute approximate surface area is 120 Å². The Morgan fingerprint density at radius 1 is 1.20 bits per heavy atom. The van der Waals surface area contributed by atoms with E-state index in [1.807, 2.05) is 18.2 Å². The molecule has 1 N–H and O–H groups in total. The van der Waals surface area contributed by atoms with Crippen LogP contribution in [0.15, 0.2) is 42.5 Å². The zero-order chi connectivity index (χ0) is 13.9. The van der Waals surface area contributed by atoms with E-state index in [1.54, 1.807) is 0 Å². The lowest BCUT2D eigenvalue weighted by atomic mass is 10.1. The molecule has 2 heteroatoms. The zero-order valence-electron chi connectivity index (χ0n) is 11.7. The summed E-state index contributed by atoms with van der Waals surface area (Å²) in [5.41, 5.74) is 5.68. The van der Waals surface area contributed by atoms with Crippen LogP contribution in [-0.2, 0) is 6.54 Å². The van der Waals surface area contributed by atoms with Crippen LogP contribution >= 0.6 is 0 Å². The molecule has 20 heavy (non-hydrogen) atoms. The van der Waals surface area contributed by atoms with E-state index in [2.05, 4.69) is 42.6 Å². The largest absolute Gasteiger partial charge is 0.381 e. The number of nitriles is 1. The number of hydrogen-bond acceptors (Lipinski definition) is 2. The third kappa shape index (κ3) is 2.83. The maximum absolute atomic E-state index is 8.96. The van der Waals surface area contributed by atoms with Gasteiger partial charge in [0.1, 0.15) is 0 Å². The van der Waals surface area contributed by atoms with Crippen LogP contribution in [0.1, 0.15) is 41.0 Å². The second kappa shape index (κ2) is 5.38. The first-order valence-corrected chi connectivity index (χ1v) is 7.10. The summed E-state index contributed by atoms with van der Waals surface area (Å²) in [5.74, 6) is 0.790. The number of benzene rings is 2. The van der Waals surface area contributed by atoms with Crippen molar-refractivity contribution in [1.29, 1.82) is 5.26 Å². The van der Waals surface area contributed by atoms with E-state index < -0.39 is 0 Å². The minimum absolute atomic E-state index is 0.699. The fourth-order valence-corrected chi connectivity index (χ4v) is 2.45. The normalized spacial score (nSPS) is 13.8. The van der Waals surface area contributed by atoms with E-state index in [4.69, 9.17) is 5.26 Å². The van der Waals surface area contributed by atoms with Crippen molar-refractivity contribution in [3.63, 3.8) is 0 Å². The van der Waals surface area contributed by atoms with Gasteiger partial charge in [0.2, 0.25) is 0 Å². The summed E-state index contributed by atoms with van der Waals surface area (Å²) in [6.45, 7) is 2.86. The van der Waals surface area contributed by atoms with E-state index in [0.29, 0.717) is 5.56 Å². The van der Waals surface area contributed by atoms with Crippen molar-refractivity contribution in [1.82, 2.24) is 0 Å². The first-order valence-electron chi connectivity index (χ1n) is 7.10. The molecule has 100 valence electrons. The molecule has 0 amide bonds. The summed E-state index contributed by atoms with van der Waals surface area (Å²) >= 11 is 0. The summed E-state index contributed by atoms with van der Waals surface area (Å²) in [5, 5.41) is 12.4. The first kappa shape index (κ1) is 12.7. The van der Waals surface area contributed by atoms with Crippen LogP contribution < -0.4 is 5.32 Å². The molecule has 1 fully saturated rings. The zero-order valence-corrected chi connectivity index (χ0v) is 11.7. The lowest BCUT2D eigenvalue weighted by Gasteiger charge is -2.11. The summed E-state index contributed by atoms with van der Waals surface area (Å²) in [6, 6.07) is 16.8. The quantitative estimate of drug-likeness (QED) is 0.888. The summed E-state index contributed by atoms with van der Waals surface area (Å²) in [4.78, 5) is 0. The highest BCUT2D eigenvalue weighted by atomic mass is 14.9. The van der Waals surface area contributed by atoms with Crippen LogP contribution in [0, 0.1) is 18.3 Å². The van der Waals surface area contributed by atoms with Crippen molar-refractivity contribution < 1.29 is 0 Å². The Bertz CT molecular complexity index is 663. The summed E-state index contributed by atoms with van der Waals surface area (Å²) in [7, 11) is 0. The van der Waals surface area contributed by atoms with Gasteiger partial charge in [-0.15, -0.1) is 0 Å². The first-order chi connectivity index (χ1) is 9.76. The summed E-state index contributed by atoms with van der Waals surface area (Å²) < 4.78 is 0. The number of nitrogens with zero attached hydrogens (tertiary/aromatic N) is 1. The van der Waals surface area contributed by atoms with Crippen LogP contribution in [0.25, 0.3) is 0 Å². The van der Waals surface area contributed by atoms with E-state index >= 15 is 0 Å². The smallest absolute Gasteiger partial charge is 0.0992 e. The number of rotatable bonds is 4. The molecule has 1 saturated carbocycles. The molecule has 0 bridgehead atoms. The van der Waals surface area contributed by atoms with Crippen LogP contribution in [0.4, 0.5) is 5.69 Å². The van der Waals surface area contributed by atoms with E-state index in [-0.39, 0.29) is 0 Å². The molecule has 0 aliphatic heterocycles. The standard InChI is InChI=1S/C18H18N2/c1-13-5-6-14(11-19)10-18(13)20-12-15-3-2-4-17(9-15)16-7-8-16/h2-6,9-10,16,20H,7-8,12H2,1H3. The molecular formula is C18H18N2. The van der Waals surface area contributed by atoms with Gasteiger partial charge in [-0.05, 0) is 54.5 Å². The van der Waals surface area contributed by atoms with Gasteiger partial charge in [0.05, 0.1) is 11.6 Å². The molecule has 0 spiro atoms. The van der Waals surface area contributed by atoms with Gasteiger partial charge in [-0.2, -0.15) is 5.26 Å². The number of aryl methyl sites for hydroxylation is 1. The number of anilines is 1. The molecule has 1 aliphatic carbocycles. The van der Waals surface area contributed by atoms with Gasteiger partial charge in [-0.1, -0.05) is 30.3 Å². The molecule has 2 aromatic rings. The SMILES string of the molecule is Cc1ccc(C#N)cc1NCc1cccc(C2CC2)c1. The van der Waals surface area contributed by atoms with Crippen molar-refractivity contribution in [3.8, 4) is 6.07 Å². The third-order valence-corrected chi connectivity index (χ3v) is 3.85. The second-order valence-electron chi connectivity index (χ2n) is 5.51. The molecule has 0 atom stereocenters. The average molecular weight is 262 g/mol. The lowest BCUT2D eigenvalue weighted by Crippen LogP contribution is -2.01. The highest BCUT2D eigenvalue weighted by Gasteiger charge is 2.23. The minimum Gasteiger partial charge on any atom is -0.381 e. The maximum Gasteiger partial charge on any atom is 0.0992 e. The van der Waals surface area contributed by atoms with E-state index in [1.165, 1.54) is 29.5 Å². The number of hydrogen-bond donors (Lipinski definition) is 1. The monoisotopic (exact) mass is 262 g/mol. The molecule has 0 saturated heterocycles. The molecule has 0 radical (unpaired) electrons. The van der Waals surface area contributed by atoms with Crippen LogP contribution in [0.3, 0.4) is 0 Å². The Kier molecular flexibility index (Phi) is 3.43. The molecule has 0 unspecified atom stereocenters. The molecule has 0 aromatic heterocycles. The molecule has 3 rings (SSSR count). The van der Waals surface area contributed by atoms with Crippen molar-refractivity contribution in [3.05, 3.63) is 64.7 Å². The highest BCUT2D eigenvalue weighted by molar-refractivity contribution is 5.55. The Balaban J connectivity index is 1.73. The molecule has 2 aromatic carbocycles. The Hall–Kier alpha value is -2.27. The number of nitrogens with one attached hydrogen (secondary N) is 1. The average Bonchev–Trinajstić information content (AvgIpc) is 3.31. The Morgan fingerprint density at radius 3 is 2.80 bits per heavy atom. The van der Waals surface area contributed by atoms with Gasteiger partial charge in [0, 0.05) is 12.2 Å². The fraction of sp³-hybridized carbons (Fsp3) is 0.278. The topological polar surface area (TPSA) is 35.8 Å². The predicted octanol–water partition coefficient (Wildman–Crippen LogP) is 4.36. The van der Waals surface area contributed by atoms with Gasteiger partial charge in [0.25, 0.3) is 0 Å². The minimum atomic E-state index is 0.699. The van der Waals surface area contributed by atoms with Crippen LogP contribution in [0.2, 0.25) is 0 Å². The van der Waals surface area contributed by atoms with Gasteiger partial charge in [-0.25, -0.2) is 0 Å². The lowest BCUT2D eigenvalue weighted by molar-refractivity contribution is 1.08. The van der Waals surface area contributed by atoms with Gasteiger partial charge >= 0.3 is 0 Å². The second-order valence-corrected chi connectivity index (χ2v) is 5.51. The van der Waals surface area contributed by atoms with Gasteiger partial charge < -0.3 is 5.32 Å². The van der Waals surface area contributed by atoms with Gasteiger partial charge in [0.15, 0.2) is 0 Å². The highest BCUT2D eigenvalue weighted by Crippen LogP contribution is 2.40. The van der Waals surface area contributed by atoms with Crippen LogP contribution in [-0.4, -0.2) is 0 Å². The van der Waals surface area contributed by atoms with Crippen molar-refractivity contribution in [2.75, 3.05) is 5.32 Å².